The molecule has 0 radical (unpaired) electrons. The van der Waals surface area contributed by atoms with Gasteiger partial charge in [-0.25, -0.2) is 0 Å². The monoisotopic (exact) mass is 345 g/mol. The molecule has 7 heteroatoms. The molecule has 1 aromatic carbocycles. The highest BCUT2D eigenvalue weighted by Crippen LogP contribution is 2.39. The lowest BCUT2D eigenvalue weighted by molar-refractivity contribution is -0.895. The lowest BCUT2D eigenvalue weighted by Crippen LogP contribution is -3.08. The molecule has 0 bridgehead atoms. The van der Waals surface area contributed by atoms with Gasteiger partial charge in [-0.2, -0.15) is 0 Å². The number of benzene rings is 1. The van der Waals surface area contributed by atoms with Gasteiger partial charge in [0.1, 0.15) is 23.5 Å². The molecule has 0 saturated heterocycles. The molecule has 126 valence electrons. The zero-order valence-electron chi connectivity index (χ0n) is 13.6. The van der Waals surface area contributed by atoms with E-state index in [-0.39, 0.29) is 23.6 Å². The van der Waals surface area contributed by atoms with Crippen LogP contribution in [-0.2, 0) is 13.0 Å². The molecule has 2 unspecified atom stereocenters. The first-order valence-corrected chi connectivity index (χ1v) is 8.76. The summed E-state index contributed by atoms with van der Waals surface area (Å²) in [4.78, 5) is 15.4. The van der Waals surface area contributed by atoms with E-state index in [0.29, 0.717) is 0 Å². The summed E-state index contributed by atoms with van der Waals surface area (Å²) in [6.45, 7) is 2.01. The average molecular weight is 345 g/mol. The summed E-state index contributed by atoms with van der Waals surface area (Å²) in [5.74, 6) is 0.0719. The number of hydrogen-bond acceptors (Lipinski definition) is 5. The molecule has 3 heterocycles. The number of carbonyl (C=O) groups is 1. The number of methoxy groups -OCH3 is 1. The zero-order valence-corrected chi connectivity index (χ0v) is 14.4. The minimum atomic E-state index is -0.357. The fourth-order valence-electron chi connectivity index (χ4n) is 3.36. The number of amides is 1. The zero-order chi connectivity index (χ0) is 16.8. The van der Waals surface area contributed by atoms with Gasteiger partial charge in [-0.15, -0.1) is 11.3 Å². The lowest BCUT2D eigenvalue weighted by atomic mass is 10.0. The van der Waals surface area contributed by atoms with Gasteiger partial charge in [-0.3, -0.25) is 4.79 Å². The summed E-state index contributed by atoms with van der Waals surface area (Å²) < 4.78 is 5.10. The van der Waals surface area contributed by atoms with Crippen molar-refractivity contribution >= 4 is 22.2 Å². The normalized spacial score (nSPS) is 22.2. The Morgan fingerprint density at radius 3 is 3.00 bits per heavy atom. The predicted molar refractivity (Wildman–Crippen MR) is 89.8 cm³/mol. The Morgan fingerprint density at radius 1 is 1.38 bits per heavy atom. The summed E-state index contributed by atoms with van der Waals surface area (Å²) >= 11 is 1.67. The molecule has 2 aliphatic heterocycles. The Hall–Kier alpha value is -2.25. The lowest BCUT2D eigenvalue weighted by Gasteiger charge is -2.28. The van der Waals surface area contributed by atoms with Gasteiger partial charge in [0.25, 0.3) is 5.91 Å². The van der Waals surface area contributed by atoms with Crippen LogP contribution >= 0.6 is 11.3 Å². The van der Waals surface area contributed by atoms with Crippen LogP contribution in [0.25, 0.3) is 0 Å². The number of quaternary nitrogens is 1. The third kappa shape index (κ3) is 2.40. The Balaban J connectivity index is 1.68. The standard InChI is InChI=1S/C17H19N3O3S/c1-20-6-5-10-13(8-20)24-17-14(10)16(22)18-15(19-17)9-3-4-11(21)12(7-9)23-2/h3-4,7,15,19,21H,5-6,8H2,1-2H3,(H,18,22). The molecule has 3 N–H and O–H groups in total. The number of thiophene rings is 1. The van der Waals surface area contributed by atoms with E-state index in [2.05, 4.69) is 17.7 Å². The molecule has 0 aliphatic carbocycles. The number of ether oxygens (including phenoxy) is 1. The molecule has 1 aromatic heterocycles. The summed E-state index contributed by atoms with van der Waals surface area (Å²) in [5.41, 5.74) is 2.79. The van der Waals surface area contributed by atoms with Gasteiger partial charge in [0.05, 0.1) is 31.1 Å². The highest BCUT2D eigenvalue weighted by Gasteiger charge is 2.33. The number of fused-ring (bicyclic) bond motifs is 3. The number of hydrogen-bond donors (Lipinski definition) is 3. The van der Waals surface area contributed by atoms with Crippen molar-refractivity contribution in [3.63, 3.8) is 0 Å². The van der Waals surface area contributed by atoms with E-state index in [9.17, 15) is 9.90 Å². The van der Waals surface area contributed by atoms with E-state index in [4.69, 9.17) is 4.74 Å². The Morgan fingerprint density at radius 2 is 2.21 bits per heavy atom. The van der Waals surface area contributed by atoms with Gasteiger partial charge in [0.15, 0.2) is 0 Å². The van der Waals surface area contributed by atoms with Gasteiger partial charge in [0.2, 0.25) is 0 Å². The molecule has 24 heavy (non-hydrogen) atoms. The van der Waals surface area contributed by atoms with E-state index < -0.39 is 0 Å². The van der Waals surface area contributed by atoms with Crippen molar-refractivity contribution in [2.45, 2.75) is 19.1 Å². The summed E-state index contributed by atoms with van der Waals surface area (Å²) in [6, 6.07) is 4.87. The van der Waals surface area contributed by atoms with Crippen LogP contribution < -0.4 is 25.4 Å². The molecule has 0 fully saturated rings. The predicted octanol–water partition coefficient (Wildman–Crippen LogP) is 0.255. The third-order valence-corrected chi connectivity index (χ3v) is 5.82. The van der Waals surface area contributed by atoms with Crippen molar-refractivity contribution in [3.8, 4) is 11.5 Å². The first kappa shape index (κ1) is 15.3. The molecular formula is C17H19N3O3S. The fourth-order valence-corrected chi connectivity index (χ4v) is 4.75. The molecule has 2 aromatic rings. The second-order valence-electron chi connectivity index (χ2n) is 6.30. The van der Waals surface area contributed by atoms with Crippen LogP contribution in [-0.4, -0.2) is 26.6 Å². The van der Waals surface area contributed by atoms with Crippen molar-refractivity contribution in [2.75, 3.05) is 26.0 Å². The van der Waals surface area contributed by atoms with Crippen molar-refractivity contribution < 1.29 is 19.5 Å². The van der Waals surface area contributed by atoms with Gasteiger partial charge >= 0.3 is 0 Å². The third-order valence-electron chi connectivity index (χ3n) is 4.65. The maximum atomic E-state index is 12.7. The largest absolute Gasteiger partial charge is 0.870 e. The van der Waals surface area contributed by atoms with Crippen molar-refractivity contribution in [2.24, 2.45) is 0 Å². The number of likely N-dealkylation sites (N-methyl/N-ethyl adjacent to an activating group) is 1. The van der Waals surface area contributed by atoms with Crippen LogP contribution in [0.3, 0.4) is 0 Å². The summed E-state index contributed by atoms with van der Waals surface area (Å²) in [6.07, 6.45) is 0.579. The minimum absolute atomic E-state index is 0.0454. The van der Waals surface area contributed by atoms with Crippen molar-refractivity contribution in [1.29, 1.82) is 0 Å². The molecule has 2 atom stereocenters. The van der Waals surface area contributed by atoms with Gasteiger partial charge in [0, 0.05) is 6.42 Å². The Bertz CT molecular complexity index is 818. The second-order valence-corrected chi connectivity index (χ2v) is 7.41. The summed E-state index contributed by atoms with van der Waals surface area (Å²) in [5, 5.41) is 19.0. The number of rotatable bonds is 2. The van der Waals surface area contributed by atoms with Crippen LogP contribution in [0.5, 0.6) is 11.5 Å². The molecule has 0 saturated carbocycles. The van der Waals surface area contributed by atoms with Gasteiger partial charge < -0.3 is 25.4 Å². The first-order valence-electron chi connectivity index (χ1n) is 7.95. The van der Waals surface area contributed by atoms with E-state index in [0.717, 1.165) is 35.6 Å². The topological polar surface area (TPSA) is 77.9 Å². The number of carbonyl (C=O) groups excluding carboxylic acids is 1. The van der Waals surface area contributed by atoms with Crippen LogP contribution in [0, 0.1) is 0 Å². The van der Waals surface area contributed by atoms with E-state index >= 15 is 0 Å². The maximum Gasteiger partial charge on any atom is 0.256 e. The molecule has 1 amide bonds. The number of anilines is 1. The highest BCUT2D eigenvalue weighted by atomic mass is 32.1. The van der Waals surface area contributed by atoms with E-state index in [1.165, 1.54) is 28.5 Å². The first-order chi connectivity index (χ1) is 11.6. The van der Waals surface area contributed by atoms with Crippen LogP contribution in [0.4, 0.5) is 5.00 Å². The molecule has 0 spiro atoms. The van der Waals surface area contributed by atoms with Gasteiger partial charge in [-0.1, -0.05) is 17.9 Å². The average Bonchev–Trinajstić information content (AvgIpc) is 2.92. The van der Waals surface area contributed by atoms with E-state index in [1.54, 1.807) is 23.5 Å². The Kier molecular flexibility index (Phi) is 3.62. The SMILES string of the molecule is COc1cc(C2NC(=O)c3c(sc4c3CC[NH+](C)C4)N2)ccc1[O-]. The van der Waals surface area contributed by atoms with E-state index in [1.807, 2.05) is 0 Å². The second kappa shape index (κ2) is 5.68. The van der Waals surface area contributed by atoms with Gasteiger partial charge in [-0.05, 0) is 17.2 Å². The maximum absolute atomic E-state index is 12.7. The van der Waals surface area contributed by atoms with Crippen LogP contribution in [0.2, 0.25) is 0 Å². The fraction of sp³-hybridized carbons (Fsp3) is 0.353. The quantitative estimate of drug-likeness (QED) is 0.729. The van der Waals surface area contributed by atoms with Crippen molar-refractivity contribution in [3.05, 3.63) is 39.8 Å². The number of nitrogens with one attached hydrogen (secondary N) is 3. The Labute approximate surface area is 144 Å². The molecule has 2 aliphatic rings. The smallest absolute Gasteiger partial charge is 0.256 e. The van der Waals surface area contributed by atoms with Crippen LogP contribution in [0.1, 0.15) is 32.5 Å². The molecular weight excluding hydrogens is 326 g/mol. The van der Waals surface area contributed by atoms with Crippen molar-refractivity contribution in [1.82, 2.24) is 5.32 Å². The van der Waals surface area contributed by atoms with Crippen LogP contribution in [0.15, 0.2) is 18.2 Å². The summed E-state index contributed by atoms with van der Waals surface area (Å²) in [7, 11) is 3.65. The molecule has 4 rings (SSSR count). The highest BCUT2D eigenvalue weighted by molar-refractivity contribution is 7.16. The minimum Gasteiger partial charge on any atom is -0.870 e. The molecule has 6 nitrogen and oxygen atoms in total.